The summed E-state index contributed by atoms with van der Waals surface area (Å²) in [4.78, 5) is 11.0. The van der Waals surface area contributed by atoms with Gasteiger partial charge in [0.05, 0.1) is 5.69 Å². The Morgan fingerprint density at radius 1 is 1.23 bits per heavy atom. The first kappa shape index (κ1) is 16.0. The van der Waals surface area contributed by atoms with E-state index in [-0.39, 0.29) is 5.66 Å². The maximum absolute atomic E-state index is 6.26. The number of benzene rings is 1. The summed E-state index contributed by atoms with van der Waals surface area (Å²) in [6.07, 6.45) is 5.40. The fourth-order valence-electron chi connectivity index (χ4n) is 3.29. The molecule has 0 radical (unpaired) electrons. The summed E-state index contributed by atoms with van der Waals surface area (Å²) in [6.45, 7) is 2.10. The standard InChI is InChI=1S/C15H19BrIN5/c1-9-10(16)5-6-11(12(9)17)22-14(19)20-13(18)21-15(22)7-3-2-4-8-15/h5-6H,2-4,7-8H2,1H3,(H4,18,19,20,21). The number of hydrogen-bond acceptors (Lipinski definition) is 5. The molecule has 3 rings (SSSR count). The highest BCUT2D eigenvalue weighted by Crippen LogP contribution is 2.42. The zero-order chi connectivity index (χ0) is 15.9. The van der Waals surface area contributed by atoms with Crippen molar-refractivity contribution < 1.29 is 0 Å². The Balaban J connectivity index is 2.14. The Hall–Kier alpha value is -0.830. The maximum Gasteiger partial charge on any atom is 0.220 e. The van der Waals surface area contributed by atoms with Crippen LogP contribution >= 0.6 is 38.5 Å². The minimum Gasteiger partial charge on any atom is -0.369 e. The monoisotopic (exact) mass is 475 g/mol. The van der Waals surface area contributed by atoms with Crippen molar-refractivity contribution >= 4 is 56.1 Å². The van der Waals surface area contributed by atoms with E-state index < -0.39 is 0 Å². The van der Waals surface area contributed by atoms with E-state index in [9.17, 15) is 0 Å². The van der Waals surface area contributed by atoms with Gasteiger partial charge in [0.15, 0.2) is 0 Å². The fourth-order valence-corrected chi connectivity index (χ4v) is 4.70. The summed E-state index contributed by atoms with van der Waals surface area (Å²) in [7, 11) is 0. The molecular weight excluding hydrogens is 457 g/mol. The van der Waals surface area contributed by atoms with Crippen molar-refractivity contribution in [1.29, 1.82) is 0 Å². The van der Waals surface area contributed by atoms with Crippen LogP contribution in [0.1, 0.15) is 37.7 Å². The number of anilines is 1. The molecule has 5 nitrogen and oxygen atoms in total. The van der Waals surface area contributed by atoms with Crippen LogP contribution in [0.5, 0.6) is 0 Å². The van der Waals surface area contributed by atoms with E-state index >= 15 is 0 Å². The minimum atomic E-state index is -0.381. The van der Waals surface area contributed by atoms with Crippen LogP contribution in [-0.4, -0.2) is 17.6 Å². The van der Waals surface area contributed by atoms with Crippen molar-refractivity contribution in [3.05, 3.63) is 25.7 Å². The van der Waals surface area contributed by atoms with Crippen LogP contribution in [-0.2, 0) is 0 Å². The molecule has 1 fully saturated rings. The molecule has 118 valence electrons. The van der Waals surface area contributed by atoms with Gasteiger partial charge in [-0.25, -0.2) is 4.99 Å². The molecule has 0 atom stereocenters. The van der Waals surface area contributed by atoms with E-state index in [1.54, 1.807) is 0 Å². The lowest BCUT2D eigenvalue weighted by Crippen LogP contribution is -2.58. The molecule has 1 aromatic carbocycles. The Morgan fingerprint density at radius 2 is 1.91 bits per heavy atom. The second-order valence-electron chi connectivity index (χ2n) is 5.82. The topological polar surface area (TPSA) is 80.0 Å². The highest BCUT2D eigenvalue weighted by molar-refractivity contribution is 14.1. The second kappa shape index (κ2) is 5.99. The number of halogens is 2. The molecule has 1 spiro atoms. The lowest BCUT2D eigenvalue weighted by molar-refractivity contribution is 0.305. The van der Waals surface area contributed by atoms with Crippen molar-refractivity contribution in [2.24, 2.45) is 21.5 Å². The molecule has 0 aromatic heterocycles. The van der Waals surface area contributed by atoms with Crippen LogP contribution in [0.4, 0.5) is 5.69 Å². The number of hydrogen-bond donors (Lipinski definition) is 2. The number of nitrogens with two attached hydrogens (primary N) is 2. The highest BCUT2D eigenvalue weighted by atomic mass is 127. The average Bonchev–Trinajstić information content (AvgIpc) is 2.47. The predicted molar refractivity (Wildman–Crippen MR) is 103 cm³/mol. The SMILES string of the molecule is Cc1c(Br)ccc(N2C(N)=NC(N)=NC23CCCCC3)c1I. The average molecular weight is 476 g/mol. The molecule has 0 bridgehead atoms. The normalized spacial score (nSPS) is 20.8. The zero-order valence-electron chi connectivity index (χ0n) is 12.4. The summed E-state index contributed by atoms with van der Waals surface area (Å²) in [5.41, 5.74) is 14.0. The van der Waals surface area contributed by atoms with Gasteiger partial charge in [-0.3, -0.25) is 4.90 Å². The second-order valence-corrected chi connectivity index (χ2v) is 7.76. The number of rotatable bonds is 1. The summed E-state index contributed by atoms with van der Waals surface area (Å²) >= 11 is 5.95. The van der Waals surface area contributed by atoms with Gasteiger partial charge in [0.1, 0.15) is 5.66 Å². The van der Waals surface area contributed by atoms with Crippen LogP contribution in [0.25, 0.3) is 0 Å². The summed E-state index contributed by atoms with van der Waals surface area (Å²) < 4.78 is 2.25. The lowest BCUT2D eigenvalue weighted by atomic mass is 9.87. The molecule has 2 aliphatic rings. The fraction of sp³-hybridized carbons (Fsp3) is 0.467. The summed E-state index contributed by atoms with van der Waals surface area (Å²) in [6, 6.07) is 4.13. The third-order valence-electron chi connectivity index (χ3n) is 4.39. The third kappa shape index (κ3) is 2.62. The molecule has 0 amide bonds. The smallest absolute Gasteiger partial charge is 0.220 e. The Bertz CT molecular complexity index is 664. The molecule has 7 heteroatoms. The summed E-state index contributed by atoms with van der Waals surface area (Å²) in [5.74, 6) is 0.730. The van der Waals surface area contributed by atoms with Gasteiger partial charge in [0.2, 0.25) is 11.9 Å². The first-order valence-corrected chi connectivity index (χ1v) is 9.26. The highest BCUT2D eigenvalue weighted by Gasteiger charge is 2.43. The molecule has 1 aromatic rings. The van der Waals surface area contributed by atoms with Gasteiger partial charge < -0.3 is 11.5 Å². The van der Waals surface area contributed by atoms with Gasteiger partial charge in [0, 0.05) is 8.04 Å². The number of nitrogens with zero attached hydrogens (tertiary/aromatic N) is 3. The molecule has 1 saturated carbocycles. The lowest BCUT2D eigenvalue weighted by Gasteiger charge is -2.46. The molecule has 1 heterocycles. The largest absolute Gasteiger partial charge is 0.369 e. The van der Waals surface area contributed by atoms with Gasteiger partial charge in [0.25, 0.3) is 0 Å². The predicted octanol–water partition coefficient (Wildman–Crippen LogP) is 3.47. The van der Waals surface area contributed by atoms with Gasteiger partial charge >= 0.3 is 0 Å². The first-order valence-electron chi connectivity index (χ1n) is 7.39. The van der Waals surface area contributed by atoms with E-state index in [4.69, 9.17) is 16.5 Å². The van der Waals surface area contributed by atoms with Crippen molar-refractivity contribution in [1.82, 2.24) is 0 Å². The van der Waals surface area contributed by atoms with Gasteiger partial charge in [-0.2, -0.15) is 4.99 Å². The van der Waals surface area contributed by atoms with E-state index in [1.165, 1.54) is 12.0 Å². The van der Waals surface area contributed by atoms with Crippen LogP contribution in [0, 0.1) is 10.5 Å². The molecular formula is C15H19BrIN5. The Kier molecular flexibility index (Phi) is 4.37. The number of guanidine groups is 2. The molecule has 0 saturated heterocycles. The van der Waals surface area contributed by atoms with Crippen molar-refractivity contribution in [3.8, 4) is 0 Å². The van der Waals surface area contributed by atoms with Gasteiger partial charge in [-0.15, -0.1) is 0 Å². The zero-order valence-corrected chi connectivity index (χ0v) is 16.2. The van der Waals surface area contributed by atoms with Crippen LogP contribution in [0.15, 0.2) is 26.6 Å². The molecule has 1 aliphatic heterocycles. The molecule has 0 unspecified atom stereocenters. The van der Waals surface area contributed by atoms with Crippen LogP contribution in [0.3, 0.4) is 0 Å². The molecule has 1 aliphatic carbocycles. The first-order chi connectivity index (χ1) is 10.4. The van der Waals surface area contributed by atoms with E-state index in [0.717, 1.165) is 39.4 Å². The molecule has 22 heavy (non-hydrogen) atoms. The molecule has 4 N–H and O–H groups in total. The van der Waals surface area contributed by atoms with Gasteiger partial charge in [-0.05, 0) is 72.9 Å². The van der Waals surface area contributed by atoms with E-state index in [2.05, 4.69) is 67.5 Å². The van der Waals surface area contributed by atoms with Crippen molar-refractivity contribution in [3.63, 3.8) is 0 Å². The van der Waals surface area contributed by atoms with Crippen LogP contribution in [0.2, 0.25) is 0 Å². The third-order valence-corrected chi connectivity index (χ3v) is 6.61. The minimum absolute atomic E-state index is 0.291. The Morgan fingerprint density at radius 3 is 2.59 bits per heavy atom. The summed E-state index contributed by atoms with van der Waals surface area (Å²) in [5, 5.41) is 0. The van der Waals surface area contributed by atoms with Gasteiger partial charge in [-0.1, -0.05) is 22.4 Å². The van der Waals surface area contributed by atoms with E-state index in [1.807, 2.05) is 0 Å². The van der Waals surface area contributed by atoms with Crippen molar-refractivity contribution in [2.45, 2.75) is 44.7 Å². The Labute approximate surface area is 152 Å². The quantitative estimate of drug-likeness (QED) is 0.610. The number of aliphatic imine (C=N–C) groups is 2. The maximum atomic E-state index is 6.26. The van der Waals surface area contributed by atoms with Crippen molar-refractivity contribution in [2.75, 3.05) is 4.90 Å². The van der Waals surface area contributed by atoms with E-state index in [0.29, 0.717) is 11.9 Å². The van der Waals surface area contributed by atoms with Crippen LogP contribution < -0.4 is 16.4 Å².